The van der Waals surface area contributed by atoms with Crippen LogP contribution in [0.25, 0.3) is 33.4 Å². The molecule has 0 amide bonds. The lowest BCUT2D eigenvalue weighted by Gasteiger charge is -2.17. The van der Waals surface area contributed by atoms with Crippen LogP contribution in [-0.2, 0) is 11.3 Å². The molecule has 0 aliphatic heterocycles. The van der Waals surface area contributed by atoms with Crippen molar-refractivity contribution in [1.82, 2.24) is 25.3 Å². The molecular formula is C35H35ClN6O2. The van der Waals surface area contributed by atoms with E-state index in [1.54, 1.807) is 6.20 Å². The van der Waals surface area contributed by atoms with Crippen LogP contribution in [0.1, 0.15) is 43.1 Å². The predicted molar refractivity (Wildman–Crippen MR) is 175 cm³/mol. The molecule has 0 bridgehead atoms. The quantitative estimate of drug-likeness (QED) is 0.167. The van der Waals surface area contributed by atoms with Crippen molar-refractivity contribution >= 4 is 39.9 Å². The number of aromatic nitrogens is 4. The van der Waals surface area contributed by atoms with E-state index < -0.39 is 0 Å². The van der Waals surface area contributed by atoms with Crippen LogP contribution in [0.4, 0.5) is 11.5 Å². The van der Waals surface area contributed by atoms with Crippen LogP contribution in [0.15, 0.2) is 66.9 Å². The van der Waals surface area contributed by atoms with Crippen LogP contribution in [0.5, 0.6) is 5.88 Å². The molecule has 5 aromatic rings. The largest absolute Gasteiger partial charge is 0.478 e. The van der Waals surface area contributed by atoms with E-state index in [-0.39, 0.29) is 0 Å². The summed E-state index contributed by atoms with van der Waals surface area (Å²) in [6.45, 7) is 7.83. The molecule has 6 rings (SSSR count). The number of nitrogens with zero attached hydrogens (tertiary/aromatic N) is 4. The Balaban J connectivity index is 1.28. The average molecular weight is 607 g/mol. The standard InChI is InChI=1S/C35H35ClN6O2/c1-4-44-35-24(20-37-19-23-13-15-25(43)18-23)14-16-30(42-35)28-10-5-9-27(32(28)36)26-8-6-11-29(21(26)2)41-34-33-31(12-7-17-38-33)39-22(3)40-34/h5-12,14,16-17,23,37H,4,13,15,18-20H2,1-3H3,(H,39,40,41)/t23-/m1/s1. The first-order valence-electron chi connectivity index (χ1n) is 15.0. The van der Waals surface area contributed by atoms with Crippen molar-refractivity contribution in [2.24, 2.45) is 5.92 Å². The van der Waals surface area contributed by atoms with Gasteiger partial charge in [0.2, 0.25) is 5.88 Å². The number of pyridine rings is 2. The van der Waals surface area contributed by atoms with Gasteiger partial charge in [-0.1, -0.05) is 48.0 Å². The maximum absolute atomic E-state index is 11.6. The Morgan fingerprint density at radius 2 is 1.77 bits per heavy atom. The first-order chi connectivity index (χ1) is 21.4. The van der Waals surface area contributed by atoms with E-state index in [1.807, 2.05) is 68.4 Å². The van der Waals surface area contributed by atoms with Crippen LogP contribution in [-0.4, -0.2) is 38.9 Å². The van der Waals surface area contributed by atoms with Gasteiger partial charge in [-0.25, -0.2) is 15.0 Å². The van der Waals surface area contributed by atoms with E-state index >= 15 is 0 Å². The Labute approximate surface area is 262 Å². The highest BCUT2D eigenvalue weighted by atomic mass is 35.5. The summed E-state index contributed by atoms with van der Waals surface area (Å²) >= 11 is 7.13. The SMILES string of the molecule is CCOc1nc(-c2cccc(-c3cccc(Nc4nc(C)nc5cccnc45)c3C)c2Cl)ccc1CNC[C@@H]1CCC(=O)C1. The Bertz CT molecular complexity index is 1840. The van der Waals surface area contributed by atoms with Gasteiger partial charge in [-0.05, 0) is 75.0 Å². The van der Waals surface area contributed by atoms with Gasteiger partial charge in [0.1, 0.15) is 17.1 Å². The van der Waals surface area contributed by atoms with Crippen molar-refractivity contribution in [3.05, 3.63) is 88.8 Å². The van der Waals surface area contributed by atoms with Crippen LogP contribution in [0.3, 0.4) is 0 Å². The fourth-order valence-corrected chi connectivity index (χ4v) is 6.12. The third-order valence-electron chi connectivity index (χ3n) is 8.03. The normalized spacial score (nSPS) is 14.7. The van der Waals surface area contributed by atoms with Crippen molar-refractivity contribution < 1.29 is 9.53 Å². The average Bonchev–Trinajstić information content (AvgIpc) is 3.44. The number of ketones is 1. The van der Waals surface area contributed by atoms with Gasteiger partial charge in [-0.3, -0.25) is 9.78 Å². The molecule has 1 fully saturated rings. The second-order valence-electron chi connectivity index (χ2n) is 11.1. The Kier molecular flexibility index (Phi) is 8.82. The zero-order valence-corrected chi connectivity index (χ0v) is 25.9. The minimum absolute atomic E-state index is 0.363. The topological polar surface area (TPSA) is 102 Å². The van der Waals surface area contributed by atoms with E-state index in [0.29, 0.717) is 65.8 Å². The second kappa shape index (κ2) is 13.1. The smallest absolute Gasteiger partial charge is 0.218 e. The number of halogens is 1. The number of carbonyl (C=O) groups is 1. The van der Waals surface area contributed by atoms with Gasteiger partial charge in [-0.2, -0.15) is 0 Å². The van der Waals surface area contributed by atoms with Gasteiger partial charge < -0.3 is 15.4 Å². The summed E-state index contributed by atoms with van der Waals surface area (Å²) in [5.74, 6) is 2.69. The number of carbonyl (C=O) groups excluding carboxylic acids is 1. The maximum atomic E-state index is 11.6. The maximum Gasteiger partial charge on any atom is 0.218 e. The van der Waals surface area contributed by atoms with Crippen molar-refractivity contribution in [2.45, 2.75) is 46.6 Å². The predicted octanol–water partition coefficient (Wildman–Crippen LogP) is 7.63. The summed E-state index contributed by atoms with van der Waals surface area (Å²) in [5.41, 5.74) is 7.89. The molecule has 0 radical (unpaired) electrons. The number of ether oxygens (including phenoxy) is 1. The van der Waals surface area contributed by atoms with Crippen LogP contribution in [0.2, 0.25) is 5.02 Å². The van der Waals surface area contributed by atoms with Crippen molar-refractivity contribution in [3.63, 3.8) is 0 Å². The molecule has 1 saturated carbocycles. The highest BCUT2D eigenvalue weighted by Crippen LogP contribution is 2.40. The molecule has 224 valence electrons. The summed E-state index contributed by atoms with van der Waals surface area (Å²) in [6, 6.07) is 20.0. The summed E-state index contributed by atoms with van der Waals surface area (Å²) < 4.78 is 5.95. The molecule has 0 spiro atoms. The number of rotatable bonds is 10. The fraction of sp³-hybridized carbons (Fsp3) is 0.286. The third kappa shape index (κ3) is 6.27. The lowest BCUT2D eigenvalue weighted by molar-refractivity contribution is -0.117. The minimum atomic E-state index is 0.363. The summed E-state index contributed by atoms with van der Waals surface area (Å²) in [6.07, 6.45) is 4.07. The van der Waals surface area contributed by atoms with E-state index in [2.05, 4.69) is 38.6 Å². The molecule has 1 aliphatic carbocycles. The number of benzene rings is 2. The van der Waals surface area contributed by atoms with Crippen molar-refractivity contribution in [2.75, 3.05) is 18.5 Å². The number of Topliss-reactive ketones (excluding diaryl/α,β-unsaturated/α-hetero) is 1. The van der Waals surface area contributed by atoms with Crippen molar-refractivity contribution in [1.29, 1.82) is 0 Å². The second-order valence-corrected chi connectivity index (χ2v) is 11.5. The fourth-order valence-electron chi connectivity index (χ4n) is 5.79. The van der Waals surface area contributed by atoms with E-state index in [9.17, 15) is 4.79 Å². The zero-order valence-electron chi connectivity index (χ0n) is 25.2. The van der Waals surface area contributed by atoms with Gasteiger partial charge in [0, 0.05) is 48.0 Å². The molecule has 44 heavy (non-hydrogen) atoms. The van der Waals surface area contributed by atoms with Crippen LogP contribution < -0.4 is 15.4 Å². The Morgan fingerprint density at radius 3 is 2.59 bits per heavy atom. The number of aryl methyl sites for hydroxylation is 1. The van der Waals surface area contributed by atoms with Gasteiger partial charge in [0.15, 0.2) is 5.82 Å². The molecule has 0 saturated heterocycles. The van der Waals surface area contributed by atoms with E-state index in [0.717, 1.165) is 57.7 Å². The van der Waals surface area contributed by atoms with E-state index in [4.69, 9.17) is 21.3 Å². The highest BCUT2D eigenvalue weighted by molar-refractivity contribution is 6.36. The van der Waals surface area contributed by atoms with Crippen LogP contribution >= 0.6 is 11.6 Å². The molecule has 0 unspecified atom stereocenters. The van der Waals surface area contributed by atoms with Crippen LogP contribution in [0, 0.1) is 19.8 Å². The minimum Gasteiger partial charge on any atom is -0.478 e. The summed E-state index contributed by atoms with van der Waals surface area (Å²) in [5, 5.41) is 7.59. The number of fused-ring (bicyclic) bond motifs is 1. The Morgan fingerprint density at radius 1 is 0.955 bits per heavy atom. The van der Waals surface area contributed by atoms with E-state index in [1.165, 1.54) is 0 Å². The molecule has 1 atom stereocenters. The van der Waals surface area contributed by atoms with Gasteiger partial charge in [-0.15, -0.1) is 0 Å². The van der Waals surface area contributed by atoms with Gasteiger partial charge >= 0.3 is 0 Å². The zero-order chi connectivity index (χ0) is 30.6. The van der Waals surface area contributed by atoms with Gasteiger partial charge in [0.25, 0.3) is 0 Å². The molecule has 2 aromatic carbocycles. The Hall–Kier alpha value is -4.40. The van der Waals surface area contributed by atoms with Crippen molar-refractivity contribution in [3.8, 4) is 28.3 Å². The first-order valence-corrected chi connectivity index (χ1v) is 15.4. The molecule has 8 nitrogen and oxygen atoms in total. The molecule has 9 heteroatoms. The third-order valence-corrected chi connectivity index (χ3v) is 8.44. The molecule has 3 aromatic heterocycles. The molecule has 2 N–H and O–H groups in total. The number of anilines is 2. The lowest BCUT2D eigenvalue weighted by atomic mass is 9.96. The molecule has 3 heterocycles. The monoisotopic (exact) mass is 606 g/mol. The number of hydrogen-bond donors (Lipinski definition) is 2. The summed E-state index contributed by atoms with van der Waals surface area (Å²) in [7, 11) is 0. The molecule has 1 aliphatic rings. The summed E-state index contributed by atoms with van der Waals surface area (Å²) in [4.78, 5) is 30.2. The lowest BCUT2D eigenvalue weighted by Crippen LogP contribution is -2.21. The highest BCUT2D eigenvalue weighted by Gasteiger charge is 2.22. The first kappa shape index (κ1) is 29.7. The van der Waals surface area contributed by atoms with Gasteiger partial charge in [0.05, 0.1) is 22.8 Å². The molecular weight excluding hydrogens is 572 g/mol. The number of hydrogen-bond acceptors (Lipinski definition) is 8. The number of nitrogens with one attached hydrogen (secondary N) is 2.